The van der Waals surface area contributed by atoms with Crippen molar-refractivity contribution in [3.05, 3.63) is 28.8 Å². The standard InChI is InChI=1S/C15H20ClN3O3/c1-4-10(3)18-14(20)15(21)19-17-9-11-8-12(16)6-7-13(11)22-5-2/h6-10H,4-5H2,1-3H3,(H,18,20)(H,19,21)/b17-9-/t10-/m1/s1. The number of nitrogens with one attached hydrogen (secondary N) is 2. The molecule has 0 fully saturated rings. The maximum Gasteiger partial charge on any atom is 0.329 e. The van der Waals surface area contributed by atoms with Gasteiger partial charge >= 0.3 is 11.8 Å². The Labute approximate surface area is 134 Å². The maximum atomic E-state index is 11.6. The first-order valence-corrected chi connectivity index (χ1v) is 7.41. The lowest BCUT2D eigenvalue weighted by atomic mass is 10.2. The van der Waals surface area contributed by atoms with Crippen molar-refractivity contribution < 1.29 is 14.3 Å². The Hall–Kier alpha value is -2.08. The normalized spacial score (nSPS) is 12.0. The Kier molecular flexibility index (Phi) is 7.39. The maximum absolute atomic E-state index is 11.6. The van der Waals surface area contributed by atoms with E-state index < -0.39 is 11.8 Å². The van der Waals surface area contributed by atoms with E-state index in [4.69, 9.17) is 16.3 Å². The third-order valence-electron chi connectivity index (χ3n) is 2.84. The van der Waals surface area contributed by atoms with Crippen LogP contribution in [-0.4, -0.2) is 30.7 Å². The number of hydrogen-bond acceptors (Lipinski definition) is 4. The minimum atomic E-state index is -0.823. The summed E-state index contributed by atoms with van der Waals surface area (Å²) in [6.07, 6.45) is 2.12. The van der Waals surface area contributed by atoms with Crippen LogP contribution in [0.4, 0.5) is 0 Å². The molecule has 7 heteroatoms. The molecule has 0 heterocycles. The van der Waals surface area contributed by atoms with E-state index in [0.29, 0.717) is 22.9 Å². The summed E-state index contributed by atoms with van der Waals surface area (Å²) < 4.78 is 5.42. The summed E-state index contributed by atoms with van der Waals surface area (Å²) in [5, 5.41) is 6.82. The monoisotopic (exact) mass is 325 g/mol. The predicted octanol–water partition coefficient (Wildman–Crippen LogP) is 2.10. The lowest BCUT2D eigenvalue weighted by Gasteiger charge is -2.09. The quantitative estimate of drug-likeness (QED) is 0.477. The van der Waals surface area contributed by atoms with Gasteiger partial charge in [0.25, 0.3) is 0 Å². The Morgan fingerprint density at radius 3 is 2.73 bits per heavy atom. The average molecular weight is 326 g/mol. The lowest BCUT2D eigenvalue weighted by molar-refractivity contribution is -0.139. The van der Waals surface area contributed by atoms with Crippen LogP contribution in [0.5, 0.6) is 5.75 Å². The molecular weight excluding hydrogens is 306 g/mol. The number of rotatable bonds is 6. The summed E-state index contributed by atoms with van der Waals surface area (Å²) in [7, 11) is 0. The second kappa shape index (κ2) is 9.04. The molecule has 1 aromatic carbocycles. The second-order valence-corrected chi connectivity index (χ2v) is 5.03. The topological polar surface area (TPSA) is 79.8 Å². The second-order valence-electron chi connectivity index (χ2n) is 4.60. The number of halogens is 1. The molecule has 0 unspecified atom stereocenters. The molecule has 2 N–H and O–H groups in total. The van der Waals surface area contributed by atoms with Crippen LogP contribution in [0, 0.1) is 0 Å². The van der Waals surface area contributed by atoms with E-state index in [-0.39, 0.29) is 6.04 Å². The molecule has 2 amide bonds. The molecule has 0 saturated carbocycles. The molecule has 1 aromatic rings. The van der Waals surface area contributed by atoms with Crippen molar-refractivity contribution >= 4 is 29.6 Å². The largest absolute Gasteiger partial charge is 0.493 e. The Morgan fingerprint density at radius 1 is 1.36 bits per heavy atom. The molecule has 0 saturated heterocycles. The fourth-order valence-corrected chi connectivity index (χ4v) is 1.69. The van der Waals surface area contributed by atoms with Gasteiger partial charge in [0.05, 0.1) is 12.8 Å². The highest BCUT2D eigenvalue weighted by Crippen LogP contribution is 2.21. The smallest absolute Gasteiger partial charge is 0.329 e. The fraction of sp³-hybridized carbons (Fsp3) is 0.400. The zero-order valence-corrected chi connectivity index (χ0v) is 13.6. The first-order chi connectivity index (χ1) is 10.5. The van der Waals surface area contributed by atoms with Gasteiger partial charge in [0.2, 0.25) is 0 Å². The van der Waals surface area contributed by atoms with Gasteiger partial charge in [0, 0.05) is 16.6 Å². The number of hydrazone groups is 1. The first-order valence-electron chi connectivity index (χ1n) is 7.04. The highest BCUT2D eigenvalue weighted by molar-refractivity contribution is 6.35. The molecule has 120 valence electrons. The van der Waals surface area contributed by atoms with Crippen LogP contribution in [0.1, 0.15) is 32.8 Å². The molecule has 0 aliphatic carbocycles. The van der Waals surface area contributed by atoms with Crippen LogP contribution in [0.25, 0.3) is 0 Å². The van der Waals surface area contributed by atoms with E-state index in [0.717, 1.165) is 6.42 Å². The Morgan fingerprint density at radius 2 is 2.09 bits per heavy atom. The van der Waals surface area contributed by atoms with Crippen LogP contribution in [0.15, 0.2) is 23.3 Å². The van der Waals surface area contributed by atoms with Crippen molar-refractivity contribution in [2.45, 2.75) is 33.2 Å². The number of carbonyl (C=O) groups excluding carboxylic acids is 2. The van der Waals surface area contributed by atoms with Gasteiger partial charge in [0.1, 0.15) is 5.75 Å². The van der Waals surface area contributed by atoms with E-state index in [2.05, 4.69) is 15.8 Å². The van der Waals surface area contributed by atoms with Crippen molar-refractivity contribution in [1.29, 1.82) is 0 Å². The minimum absolute atomic E-state index is 0.0697. The Bertz CT molecular complexity index is 561. The average Bonchev–Trinajstić information content (AvgIpc) is 2.49. The summed E-state index contributed by atoms with van der Waals surface area (Å²) in [6, 6.07) is 4.99. The summed E-state index contributed by atoms with van der Waals surface area (Å²) >= 11 is 5.91. The van der Waals surface area contributed by atoms with Gasteiger partial charge < -0.3 is 10.1 Å². The van der Waals surface area contributed by atoms with Crippen molar-refractivity contribution in [1.82, 2.24) is 10.7 Å². The van der Waals surface area contributed by atoms with E-state index in [9.17, 15) is 9.59 Å². The molecule has 1 rings (SSSR count). The van der Waals surface area contributed by atoms with Crippen LogP contribution in [0.3, 0.4) is 0 Å². The number of nitrogens with zero attached hydrogens (tertiary/aromatic N) is 1. The molecule has 0 radical (unpaired) electrons. The van der Waals surface area contributed by atoms with Crippen LogP contribution in [0.2, 0.25) is 5.02 Å². The number of hydrogen-bond donors (Lipinski definition) is 2. The van der Waals surface area contributed by atoms with E-state index in [1.807, 2.05) is 20.8 Å². The van der Waals surface area contributed by atoms with E-state index in [1.54, 1.807) is 18.2 Å². The van der Waals surface area contributed by atoms with Gasteiger partial charge in [-0.3, -0.25) is 9.59 Å². The zero-order chi connectivity index (χ0) is 16.5. The molecular formula is C15H20ClN3O3. The molecule has 6 nitrogen and oxygen atoms in total. The van der Waals surface area contributed by atoms with Crippen molar-refractivity contribution in [2.75, 3.05) is 6.61 Å². The van der Waals surface area contributed by atoms with Crippen LogP contribution < -0.4 is 15.5 Å². The van der Waals surface area contributed by atoms with Gasteiger partial charge in [-0.15, -0.1) is 0 Å². The summed E-state index contributed by atoms with van der Waals surface area (Å²) in [4.78, 5) is 23.1. The van der Waals surface area contributed by atoms with Crippen LogP contribution >= 0.6 is 11.6 Å². The van der Waals surface area contributed by atoms with Gasteiger partial charge in [-0.1, -0.05) is 18.5 Å². The van der Waals surface area contributed by atoms with Crippen molar-refractivity contribution in [2.24, 2.45) is 5.10 Å². The summed E-state index contributed by atoms with van der Waals surface area (Å²) in [5.74, 6) is -0.951. The Balaban J connectivity index is 2.67. The fourth-order valence-electron chi connectivity index (χ4n) is 1.51. The molecule has 0 aliphatic heterocycles. The van der Waals surface area contributed by atoms with E-state index >= 15 is 0 Å². The molecule has 22 heavy (non-hydrogen) atoms. The molecule has 1 atom stereocenters. The highest BCUT2D eigenvalue weighted by atomic mass is 35.5. The third-order valence-corrected chi connectivity index (χ3v) is 3.07. The minimum Gasteiger partial charge on any atom is -0.493 e. The van der Waals surface area contributed by atoms with E-state index in [1.165, 1.54) is 6.21 Å². The van der Waals surface area contributed by atoms with Gasteiger partial charge in [0.15, 0.2) is 0 Å². The molecule has 0 aromatic heterocycles. The van der Waals surface area contributed by atoms with Gasteiger partial charge in [-0.25, -0.2) is 5.43 Å². The summed E-state index contributed by atoms with van der Waals surface area (Å²) in [5.41, 5.74) is 2.78. The highest BCUT2D eigenvalue weighted by Gasteiger charge is 2.14. The molecule has 0 spiro atoms. The number of benzene rings is 1. The predicted molar refractivity (Wildman–Crippen MR) is 86.3 cm³/mol. The van der Waals surface area contributed by atoms with Crippen LogP contribution in [-0.2, 0) is 9.59 Å². The third kappa shape index (κ3) is 5.73. The lowest BCUT2D eigenvalue weighted by Crippen LogP contribution is -2.41. The number of amides is 2. The van der Waals surface area contributed by atoms with Gasteiger partial charge in [-0.2, -0.15) is 5.10 Å². The first kappa shape index (κ1) is 18.0. The van der Waals surface area contributed by atoms with Gasteiger partial charge in [-0.05, 0) is 38.5 Å². The van der Waals surface area contributed by atoms with Crippen molar-refractivity contribution in [3.63, 3.8) is 0 Å². The number of ether oxygens (including phenoxy) is 1. The molecule has 0 bridgehead atoms. The summed E-state index contributed by atoms with van der Waals surface area (Å²) in [6.45, 7) is 6.08. The van der Waals surface area contributed by atoms with Crippen molar-refractivity contribution in [3.8, 4) is 5.75 Å². The molecule has 0 aliphatic rings. The number of carbonyl (C=O) groups is 2. The zero-order valence-electron chi connectivity index (χ0n) is 12.9. The SMILES string of the molecule is CCOc1ccc(Cl)cc1/C=N\NC(=O)C(=O)N[C@H](C)CC.